The first kappa shape index (κ1) is 32.4. The van der Waals surface area contributed by atoms with Gasteiger partial charge in [-0.15, -0.1) is 0 Å². The summed E-state index contributed by atoms with van der Waals surface area (Å²) in [5.41, 5.74) is 0. The molecule has 1 fully saturated rings. The lowest BCUT2D eigenvalue weighted by atomic mass is 10.1. The van der Waals surface area contributed by atoms with Gasteiger partial charge in [-0.1, -0.05) is 115 Å². The second kappa shape index (κ2) is 26.5. The Morgan fingerprint density at radius 3 is 1.54 bits per heavy atom. The summed E-state index contributed by atoms with van der Waals surface area (Å²) in [6, 6.07) is 0. The maximum absolute atomic E-state index is 2.80. The Morgan fingerprint density at radius 1 is 0.514 bits per heavy atom. The van der Waals surface area contributed by atoms with Crippen molar-refractivity contribution < 1.29 is 0 Å². The molecule has 0 spiro atoms. The molecule has 1 saturated heterocycles. The number of hydrogen-bond acceptors (Lipinski definition) is 2. The van der Waals surface area contributed by atoms with Crippen molar-refractivity contribution >= 4 is 0 Å². The molecule has 0 atom stereocenters. The molecule has 1 rings (SSSR count). The fourth-order valence-corrected chi connectivity index (χ4v) is 5.24. The summed E-state index contributed by atoms with van der Waals surface area (Å²) < 4.78 is 0. The highest BCUT2D eigenvalue weighted by molar-refractivity contribution is 4.92. The van der Waals surface area contributed by atoms with Crippen LogP contribution in [-0.2, 0) is 0 Å². The van der Waals surface area contributed by atoms with Crippen molar-refractivity contribution in [2.45, 2.75) is 149 Å². The molecule has 0 aliphatic carbocycles. The number of allylic oxidation sites excluding steroid dienone is 4. The van der Waals surface area contributed by atoms with Crippen LogP contribution >= 0.6 is 0 Å². The van der Waals surface area contributed by atoms with Crippen molar-refractivity contribution in [2.75, 3.05) is 39.3 Å². The van der Waals surface area contributed by atoms with E-state index in [4.69, 9.17) is 0 Å². The van der Waals surface area contributed by atoms with Crippen molar-refractivity contribution in [1.82, 2.24) is 9.80 Å². The first-order valence-corrected chi connectivity index (χ1v) is 16.1. The summed E-state index contributed by atoms with van der Waals surface area (Å²) in [6.45, 7) is 12.5. The third kappa shape index (κ3) is 22.3. The van der Waals surface area contributed by atoms with Gasteiger partial charge in [0.1, 0.15) is 0 Å². The van der Waals surface area contributed by atoms with Gasteiger partial charge in [-0.3, -0.25) is 0 Å². The Bertz CT molecular complexity index is 464. The number of likely N-dealkylation sites (tertiary alicyclic amines) is 1. The average molecular weight is 489 g/mol. The highest BCUT2D eigenvalue weighted by Crippen LogP contribution is 2.12. The van der Waals surface area contributed by atoms with E-state index in [1.807, 2.05) is 0 Å². The van der Waals surface area contributed by atoms with Gasteiger partial charge in [-0.2, -0.15) is 0 Å². The smallest absolute Gasteiger partial charge is 0.0109 e. The SMILES string of the molecule is CCCCCC=CCC=CCCCCCCCCN(CCCCCCCCC)CCN1CCCC1. The van der Waals surface area contributed by atoms with E-state index in [-0.39, 0.29) is 0 Å². The number of unbranched alkanes of at least 4 members (excludes halogenated alkanes) is 15. The fourth-order valence-electron chi connectivity index (χ4n) is 5.24. The molecule has 0 saturated carbocycles. The van der Waals surface area contributed by atoms with Gasteiger partial charge in [0.05, 0.1) is 0 Å². The molecule has 0 N–H and O–H groups in total. The quantitative estimate of drug-likeness (QED) is 0.0882. The minimum atomic E-state index is 1.12. The van der Waals surface area contributed by atoms with Gasteiger partial charge in [-0.25, -0.2) is 0 Å². The Labute approximate surface area is 222 Å². The van der Waals surface area contributed by atoms with Crippen LogP contribution in [0.3, 0.4) is 0 Å². The van der Waals surface area contributed by atoms with Crippen LogP contribution in [0.4, 0.5) is 0 Å². The van der Waals surface area contributed by atoms with E-state index in [1.165, 1.54) is 168 Å². The Kier molecular flexibility index (Phi) is 24.5. The van der Waals surface area contributed by atoms with E-state index in [9.17, 15) is 0 Å². The zero-order valence-corrected chi connectivity index (χ0v) is 24.3. The summed E-state index contributed by atoms with van der Waals surface area (Å²) in [6.07, 6.45) is 38.5. The van der Waals surface area contributed by atoms with Crippen molar-refractivity contribution in [2.24, 2.45) is 0 Å². The van der Waals surface area contributed by atoms with E-state index < -0.39 is 0 Å². The molecule has 0 unspecified atom stereocenters. The van der Waals surface area contributed by atoms with Crippen LogP contribution in [0.1, 0.15) is 149 Å². The van der Waals surface area contributed by atoms with Gasteiger partial charge in [0, 0.05) is 13.1 Å². The van der Waals surface area contributed by atoms with Crippen LogP contribution < -0.4 is 0 Å². The molecule has 35 heavy (non-hydrogen) atoms. The van der Waals surface area contributed by atoms with Gasteiger partial charge >= 0.3 is 0 Å². The lowest BCUT2D eigenvalue weighted by Crippen LogP contribution is -2.35. The van der Waals surface area contributed by atoms with Crippen LogP contribution in [0.25, 0.3) is 0 Å². The minimum Gasteiger partial charge on any atom is -0.302 e. The van der Waals surface area contributed by atoms with Crippen molar-refractivity contribution in [1.29, 1.82) is 0 Å². The molecule has 0 aromatic carbocycles. The van der Waals surface area contributed by atoms with Crippen molar-refractivity contribution in [3.63, 3.8) is 0 Å². The van der Waals surface area contributed by atoms with Gasteiger partial charge in [-0.05, 0) is 84.0 Å². The summed E-state index contributed by atoms with van der Waals surface area (Å²) in [5.74, 6) is 0. The van der Waals surface area contributed by atoms with Crippen LogP contribution in [0.5, 0.6) is 0 Å². The zero-order valence-electron chi connectivity index (χ0n) is 24.3. The maximum atomic E-state index is 2.80. The summed E-state index contributed by atoms with van der Waals surface area (Å²) in [4.78, 5) is 5.49. The molecular weight excluding hydrogens is 424 g/mol. The molecule has 1 aliphatic heterocycles. The predicted molar refractivity (Wildman–Crippen MR) is 159 cm³/mol. The standard InChI is InChI=1S/C33H64N2/c1-3-5-7-9-11-12-13-14-15-16-17-18-19-21-23-25-29-34(32-33-35-30-26-27-31-35)28-24-22-20-10-8-6-4-2/h11-12,14-15H,3-10,13,16-33H2,1-2H3. The van der Waals surface area contributed by atoms with Crippen LogP contribution in [0.2, 0.25) is 0 Å². The Balaban J connectivity index is 2.01. The van der Waals surface area contributed by atoms with Gasteiger partial charge in [0.25, 0.3) is 0 Å². The summed E-state index contributed by atoms with van der Waals surface area (Å²) >= 11 is 0. The topological polar surface area (TPSA) is 6.48 Å². The number of nitrogens with zero attached hydrogens (tertiary/aromatic N) is 2. The zero-order chi connectivity index (χ0) is 25.1. The fraction of sp³-hybridized carbons (Fsp3) is 0.879. The van der Waals surface area contributed by atoms with Crippen LogP contribution in [0, 0.1) is 0 Å². The monoisotopic (exact) mass is 489 g/mol. The molecule has 206 valence electrons. The first-order valence-electron chi connectivity index (χ1n) is 16.1. The van der Waals surface area contributed by atoms with E-state index in [2.05, 4.69) is 48.0 Å². The first-order chi connectivity index (χ1) is 17.4. The molecule has 0 aromatic rings. The molecule has 0 aromatic heterocycles. The Hall–Kier alpha value is -0.600. The molecule has 2 heteroatoms. The van der Waals surface area contributed by atoms with E-state index in [0.29, 0.717) is 0 Å². The van der Waals surface area contributed by atoms with E-state index in [0.717, 1.165) is 6.42 Å². The van der Waals surface area contributed by atoms with Crippen molar-refractivity contribution in [3.05, 3.63) is 24.3 Å². The second-order valence-electron chi connectivity index (χ2n) is 11.1. The minimum absolute atomic E-state index is 1.12. The highest BCUT2D eigenvalue weighted by atomic mass is 15.2. The third-order valence-electron chi connectivity index (χ3n) is 7.68. The van der Waals surface area contributed by atoms with Gasteiger partial charge in [0.2, 0.25) is 0 Å². The van der Waals surface area contributed by atoms with Gasteiger partial charge in [0.15, 0.2) is 0 Å². The predicted octanol–water partition coefficient (Wildman–Crippen LogP) is 9.95. The second-order valence-corrected chi connectivity index (χ2v) is 11.1. The molecule has 0 amide bonds. The molecular formula is C33H64N2. The normalized spacial score (nSPS) is 14.9. The molecule has 0 bridgehead atoms. The van der Waals surface area contributed by atoms with E-state index >= 15 is 0 Å². The average Bonchev–Trinajstić information content (AvgIpc) is 3.39. The molecule has 0 radical (unpaired) electrons. The highest BCUT2D eigenvalue weighted by Gasteiger charge is 2.13. The molecule has 1 aliphatic rings. The van der Waals surface area contributed by atoms with Crippen LogP contribution in [-0.4, -0.2) is 49.1 Å². The largest absolute Gasteiger partial charge is 0.302 e. The van der Waals surface area contributed by atoms with Crippen molar-refractivity contribution in [3.8, 4) is 0 Å². The number of rotatable bonds is 26. The van der Waals surface area contributed by atoms with Gasteiger partial charge < -0.3 is 9.80 Å². The molecule has 2 nitrogen and oxygen atoms in total. The lowest BCUT2D eigenvalue weighted by Gasteiger charge is -2.25. The summed E-state index contributed by atoms with van der Waals surface area (Å²) in [7, 11) is 0. The van der Waals surface area contributed by atoms with E-state index in [1.54, 1.807) is 0 Å². The molecule has 1 heterocycles. The van der Waals surface area contributed by atoms with Crippen LogP contribution in [0.15, 0.2) is 24.3 Å². The summed E-state index contributed by atoms with van der Waals surface area (Å²) in [5, 5.41) is 0. The third-order valence-corrected chi connectivity index (χ3v) is 7.68. The lowest BCUT2D eigenvalue weighted by molar-refractivity contribution is 0.217. The Morgan fingerprint density at radius 2 is 0.971 bits per heavy atom. The maximum Gasteiger partial charge on any atom is 0.0109 e. The number of hydrogen-bond donors (Lipinski definition) is 0.